The molecule has 0 unspecified atom stereocenters. The van der Waals surface area contributed by atoms with Gasteiger partial charge in [0.05, 0.1) is 20.6 Å². The number of methoxy groups -OCH3 is 2. The Bertz CT molecular complexity index is 1140. The zero-order valence-corrected chi connectivity index (χ0v) is 19.7. The van der Waals surface area contributed by atoms with Crippen molar-refractivity contribution >= 4 is 17.8 Å². The summed E-state index contributed by atoms with van der Waals surface area (Å²) < 4.78 is 10.5. The molecule has 1 atom stereocenters. The molecule has 0 aliphatic rings. The van der Waals surface area contributed by atoms with Crippen molar-refractivity contribution in [3.05, 3.63) is 89.7 Å². The van der Waals surface area contributed by atoms with Crippen molar-refractivity contribution in [2.75, 3.05) is 14.2 Å². The summed E-state index contributed by atoms with van der Waals surface area (Å²) in [7, 11) is 3.06. The fourth-order valence-corrected chi connectivity index (χ4v) is 3.44. The van der Waals surface area contributed by atoms with E-state index in [4.69, 9.17) is 14.9 Å². The Morgan fingerprint density at radius 2 is 1.63 bits per heavy atom. The van der Waals surface area contributed by atoms with Gasteiger partial charge in [-0.15, -0.1) is 0 Å². The molecule has 0 spiro atoms. The molecular weight excluding hydrogens is 446 g/mol. The third kappa shape index (κ3) is 7.85. The minimum absolute atomic E-state index is 0.0298. The molecule has 2 amide bonds. The van der Waals surface area contributed by atoms with Gasteiger partial charge in [-0.3, -0.25) is 25.3 Å². The Hall–Kier alpha value is -4.40. The number of guanidine groups is 1. The average molecular weight is 476 g/mol. The quantitative estimate of drug-likeness (QED) is 0.263. The topological polar surface area (TPSA) is 125 Å². The molecule has 1 aromatic heterocycles. The smallest absolute Gasteiger partial charge is 0.243 e. The lowest BCUT2D eigenvalue weighted by atomic mass is 10.1. The lowest BCUT2D eigenvalue weighted by Crippen LogP contribution is -2.52. The second-order valence-corrected chi connectivity index (χ2v) is 7.75. The van der Waals surface area contributed by atoms with Crippen LogP contribution in [0.25, 0.3) is 0 Å². The summed E-state index contributed by atoms with van der Waals surface area (Å²) in [6.07, 6.45) is 3.69. The highest BCUT2D eigenvalue weighted by Crippen LogP contribution is 2.27. The Morgan fingerprint density at radius 3 is 2.31 bits per heavy atom. The summed E-state index contributed by atoms with van der Waals surface area (Å²) >= 11 is 0. The van der Waals surface area contributed by atoms with Crippen molar-refractivity contribution in [3.63, 3.8) is 0 Å². The Labute approximate surface area is 204 Å². The number of aromatic nitrogens is 1. The molecule has 0 aliphatic heterocycles. The van der Waals surface area contributed by atoms with Gasteiger partial charge in [0.25, 0.3) is 0 Å². The lowest BCUT2D eigenvalue weighted by molar-refractivity contribution is -0.123. The van der Waals surface area contributed by atoms with E-state index in [-0.39, 0.29) is 18.3 Å². The summed E-state index contributed by atoms with van der Waals surface area (Å²) in [4.78, 5) is 29.4. The first-order valence-corrected chi connectivity index (χ1v) is 11.0. The number of pyridine rings is 1. The van der Waals surface area contributed by atoms with Crippen LogP contribution in [-0.2, 0) is 29.0 Å². The molecule has 9 nitrogen and oxygen atoms in total. The van der Waals surface area contributed by atoms with E-state index in [1.54, 1.807) is 30.6 Å². The molecule has 0 radical (unpaired) electrons. The number of ether oxygens (including phenoxy) is 2. The van der Waals surface area contributed by atoms with Gasteiger partial charge >= 0.3 is 0 Å². The largest absolute Gasteiger partial charge is 0.493 e. The molecule has 0 bridgehead atoms. The van der Waals surface area contributed by atoms with Gasteiger partial charge in [-0.2, -0.15) is 0 Å². The highest BCUT2D eigenvalue weighted by Gasteiger charge is 2.21. The maximum atomic E-state index is 12.9. The van der Waals surface area contributed by atoms with Gasteiger partial charge in [0, 0.05) is 25.4 Å². The second-order valence-electron chi connectivity index (χ2n) is 7.75. The van der Waals surface area contributed by atoms with Crippen LogP contribution < -0.4 is 25.4 Å². The van der Waals surface area contributed by atoms with E-state index in [0.29, 0.717) is 30.0 Å². The summed E-state index contributed by atoms with van der Waals surface area (Å²) in [5.74, 6) is 0.137. The zero-order chi connectivity index (χ0) is 25.0. The van der Waals surface area contributed by atoms with Crippen molar-refractivity contribution < 1.29 is 19.1 Å². The first-order valence-electron chi connectivity index (χ1n) is 11.0. The number of hydrogen-bond acceptors (Lipinski definition) is 6. The van der Waals surface area contributed by atoms with Crippen LogP contribution in [0.5, 0.6) is 11.5 Å². The van der Waals surface area contributed by atoms with Crippen LogP contribution in [0.15, 0.2) is 73.1 Å². The average Bonchev–Trinajstić information content (AvgIpc) is 2.87. The van der Waals surface area contributed by atoms with Crippen molar-refractivity contribution in [1.29, 1.82) is 5.41 Å². The molecule has 1 heterocycles. The van der Waals surface area contributed by atoms with Gasteiger partial charge in [0.2, 0.25) is 11.8 Å². The fourth-order valence-electron chi connectivity index (χ4n) is 3.44. The molecule has 0 saturated carbocycles. The van der Waals surface area contributed by atoms with Crippen LogP contribution in [0.2, 0.25) is 0 Å². The zero-order valence-electron chi connectivity index (χ0n) is 19.7. The number of benzene rings is 2. The van der Waals surface area contributed by atoms with Crippen LogP contribution in [0.1, 0.15) is 16.7 Å². The van der Waals surface area contributed by atoms with E-state index in [1.807, 2.05) is 42.5 Å². The summed E-state index contributed by atoms with van der Waals surface area (Å²) in [6, 6.07) is 17.5. The van der Waals surface area contributed by atoms with Crippen LogP contribution in [0.3, 0.4) is 0 Å². The number of carbonyl (C=O) groups excluding carboxylic acids is 2. The van der Waals surface area contributed by atoms with Gasteiger partial charge in [0.1, 0.15) is 6.04 Å². The number of nitrogens with one attached hydrogen (secondary N) is 4. The molecule has 2 aromatic carbocycles. The molecule has 4 N–H and O–H groups in total. The molecule has 3 rings (SSSR count). The third-order valence-electron chi connectivity index (χ3n) is 5.21. The van der Waals surface area contributed by atoms with Crippen molar-refractivity contribution in [2.24, 2.45) is 0 Å². The van der Waals surface area contributed by atoms with Crippen LogP contribution >= 0.6 is 0 Å². The van der Waals surface area contributed by atoms with E-state index < -0.39 is 11.9 Å². The Morgan fingerprint density at radius 1 is 0.914 bits per heavy atom. The predicted molar refractivity (Wildman–Crippen MR) is 132 cm³/mol. The molecule has 0 saturated heterocycles. The number of hydrogen-bond donors (Lipinski definition) is 4. The maximum absolute atomic E-state index is 12.9. The van der Waals surface area contributed by atoms with Crippen molar-refractivity contribution in [2.45, 2.75) is 25.4 Å². The summed E-state index contributed by atoms with van der Waals surface area (Å²) in [5, 5.41) is 16.5. The van der Waals surface area contributed by atoms with Gasteiger partial charge in [-0.1, -0.05) is 36.4 Å². The van der Waals surface area contributed by atoms with Crippen LogP contribution in [-0.4, -0.2) is 43.0 Å². The maximum Gasteiger partial charge on any atom is 0.243 e. The van der Waals surface area contributed by atoms with Gasteiger partial charge in [-0.05, 0) is 41.0 Å². The monoisotopic (exact) mass is 475 g/mol. The van der Waals surface area contributed by atoms with E-state index in [1.165, 1.54) is 14.2 Å². The SMILES string of the molecule is COc1ccc(CC(=O)NC(=N)N[C@H](Cc2ccccc2)C(=O)NCc2ccncc2)cc1OC. The first-order chi connectivity index (χ1) is 17.0. The van der Waals surface area contributed by atoms with Gasteiger partial charge < -0.3 is 20.1 Å². The highest BCUT2D eigenvalue weighted by molar-refractivity contribution is 5.98. The number of amides is 2. The standard InChI is InChI=1S/C26H29N5O4/c1-34-22-9-8-20(15-23(22)35-2)16-24(32)31-26(27)30-21(14-18-6-4-3-5-7-18)25(33)29-17-19-10-12-28-13-11-19/h3-13,15,21H,14,16-17H2,1-2H3,(H,29,33)(H3,27,30,31,32)/t21-/m1/s1. The second kappa shape index (κ2) is 12.7. The normalized spacial score (nSPS) is 11.1. The molecule has 9 heteroatoms. The number of carbonyl (C=O) groups is 2. The van der Waals surface area contributed by atoms with Crippen molar-refractivity contribution in [3.8, 4) is 11.5 Å². The molecule has 3 aromatic rings. The Kier molecular flexibility index (Phi) is 9.18. The minimum atomic E-state index is -0.756. The van der Waals surface area contributed by atoms with E-state index in [9.17, 15) is 9.59 Å². The third-order valence-corrected chi connectivity index (χ3v) is 5.21. The summed E-state index contributed by atoms with van der Waals surface area (Å²) in [5.41, 5.74) is 2.53. The van der Waals surface area contributed by atoms with Gasteiger partial charge in [-0.25, -0.2) is 0 Å². The molecule has 35 heavy (non-hydrogen) atoms. The van der Waals surface area contributed by atoms with Crippen LogP contribution in [0.4, 0.5) is 0 Å². The van der Waals surface area contributed by atoms with E-state index in [0.717, 1.165) is 11.1 Å². The number of rotatable bonds is 10. The molecule has 0 fully saturated rings. The minimum Gasteiger partial charge on any atom is -0.493 e. The molecule has 182 valence electrons. The van der Waals surface area contributed by atoms with E-state index in [2.05, 4.69) is 20.9 Å². The number of nitrogens with zero attached hydrogens (tertiary/aromatic N) is 1. The van der Waals surface area contributed by atoms with Crippen LogP contribution in [0, 0.1) is 5.41 Å². The molecular formula is C26H29N5O4. The lowest BCUT2D eigenvalue weighted by Gasteiger charge is -2.20. The van der Waals surface area contributed by atoms with E-state index >= 15 is 0 Å². The Balaban J connectivity index is 1.61. The molecule has 0 aliphatic carbocycles. The van der Waals surface area contributed by atoms with Gasteiger partial charge in [0.15, 0.2) is 17.5 Å². The summed E-state index contributed by atoms with van der Waals surface area (Å²) in [6.45, 7) is 0.327. The first kappa shape index (κ1) is 25.2. The predicted octanol–water partition coefficient (Wildman–Crippen LogP) is 2.21. The fraction of sp³-hybridized carbons (Fsp3) is 0.231. The highest BCUT2D eigenvalue weighted by atomic mass is 16.5. The van der Waals surface area contributed by atoms with Crippen molar-refractivity contribution in [1.82, 2.24) is 20.9 Å².